The van der Waals surface area contributed by atoms with Gasteiger partial charge in [0.05, 0.1) is 43.1 Å². The number of carbonyl (C=O) groups is 4. The number of aliphatic hydroxyl groups excluding tert-OH is 9. The Hall–Kier alpha value is -3.69. The van der Waals surface area contributed by atoms with E-state index in [1.165, 1.54) is 12.1 Å². The first-order chi connectivity index (χ1) is 28.1. The number of aliphatic carboxylic acids is 1. The molecule has 3 saturated heterocycles. The molecular formula is C37H46N2O19S. The lowest BCUT2D eigenvalue weighted by Crippen LogP contribution is -2.71. The van der Waals surface area contributed by atoms with Crippen molar-refractivity contribution >= 4 is 35.5 Å². The minimum absolute atomic E-state index is 0.0483. The van der Waals surface area contributed by atoms with Gasteiger partial charge in [-0.15, -0.1) is 0 Å². The van der Waals surface area contributed by atoms with Crippen LogP contribution in [0.3, 0.4) is 0 Å². The zero-order chi connectivity index (χ0) is 42.9. The molecule has 4 heterocycles. The Labute approximate surface area is 339 Å². The average molecular weight is 855 g/mol. The molecule has 0 spiro atoms. The normalized spacial score (nSPS) is 37.1. The summed E-state index contributed by atoms with van der Waals surface area (Å²) in [5.41, 5.74) is -1.12. The van der Waals surface area contributed by atoms with Gasteiger partial charge in [0.25, 0.3) is 17.6 Å². The van der Waals surface area contributed by atoms with Crippen molar-refractivity contribution in [2.24, 2.45) is 0 Å². The van der Waals surface area contributed by atoms with Crippen LogP contribution in [0.25, 0.3) is 0 Å². The van der Waals surface area contributed by atoms with Gasteiger partial charge in [0, 0.05) is 18.2 Å². The third-order valence-electron chi connectivity index (χ3n) is 10.6. The summed E-state index contributed by atoms with van der Waals surface area (Å²) >= 11 is 1.03. The Morgan fingerprint density at radius 2 is 1.49 bits per heavy atom. The molecule has 3 amide bonds. The number of nitrogens with one attached hydrogen (secondary N) is 1. The molecule has 16 atom stereocenters. The van der Waals surface area contributed by atoms with Crippen LogP contribution in [0.5, 0.6) is 0 Å². The van der Waals surface area contributed by atoms with Crippen LogP contribution in [0, 0.1) is 0 Å². The van der Waals surface area contributed by atoms with Crippen LogP contribution in [0.15, 0.2) is 59.5 Å². The molecule has 2 aromatic carbocycles. The summed E-state index contributed by atoms with van der Waals surface area (Å²) in [6.45, 7) is -1.88. The van der Waals surface area contributed by atoms with Gasteiger partial charge in [-0.2, -0.15) is 0 Å². The number of ether oxygens (including phenoxy) is 5. The second-order valence-corrected chi connectivity index (χ2v) is 15.6. The number of fused-ring (bicyclic) bond motifs is 1. The van der Waals surface area contributed by atoms with E-state index in [1.807, 2.05) is 0 Å². The van der Waals surface area contributed by atoms with E-state index in [4.69, 9.17) is 23.7 Å². The van der Waals surface area contributed by atoms with Crippen LogP contribution in [0.2, 0.25) is 0 Å². The van der Waals surface area contributed by atoms with Gasteiger partial charge in [-0.3, -0.25) is 19.3 Å². The number of carbonyl (C=O) groups excluding carboxylic acids is 3. The third kappa shape index (κ3) is 8.75. The lowest BCUT2D eigenvalue weighted by atomic mass is 9.88. The summed E-state index contributed by atoms with van der Waals surface area (Å²) in [6.07, 6.45) is -24.4. The van der Waals surface area contributed by atoms with Gasteiger partial charge in [0.1, 0.15) is 72.5 Å². The SMILES string of the molecule is CC(=O)N[C@H]1[C@@H]([C@@H](O)[C@H](O)CO)O[C@@](O[C@H]2[C@@H](O)[C@@H](CO)O[C@@H](O[C@H]3[C@H](O)[C@@H](N4C(=O)c5ccccc5C4=O)[C@H](Sc4ccccc4)O[C@@H]3CO)[C@@H]2O)(C(=O)O)C[C@@H]1O. The molecule has 0 radical (unpaired) electrons. The molecule has 6 rings (SSSR count). The molecule has 3 fully saturated rings. The Bertz CT molecular complexity index is 1790. The van der Waals surface area contributed by atoms with Crippen LogP contribution >= 0.6 is 11.8 Å². The third-order valence-corrected chi connectivity index (χ3v) is 11.7. The molecule has 0 aromatic heterocycles. The molecular weight excluding hydrogens is 808 g/mol. The largest absolute Gasteiger partial charge is 0.477 e. The summed E-state index contributed by atoms with van der Waals surface area (Å²) in [6, 6.07) is 11.5. The number of carboxylic acid groups (broad SMARTS) is 1. The van der Waals surface area contributed by atoms with Crippen molar-refractivity contribution in [3.05, 3.63) is 65.7 Å². The lowest BCUT2D eigenvalue weighted by Gasteiger charge is -2.51. The maximum atomic E-state index is 13.8. The zero-order valence-electron chi connectivity index (χ0n) is 31.2. The van der Waals surface area contributed by atoms with E-state index < -0.39 is 147 Å². The van der Waals surface area contributed by atoms with Crippen LogP contribution in [0.1, 0.15) is 34.1 Å². The number of hydrogen-bond donors (Lipinski definition) is 11. The van der Waals surface area contributed by atoms with E-state index in [0.717, 1.165) is 23.6 Å². The zero-order valence-corrected chi connectivity index (χ0v) is 32.0. The average Bonchev–Trinajstić information content (AvgIpc) is 3.46. The molecule has 11 N–H and O–H groups in total. The minimum Gasteiger partial charge on any atom is -0.477 e. The fourth-order valence-electron chi connectivity index (χ4n) is 7.63. The first-order valence-corrected chi connectivity index (χ1v) is 19.4. The van der Waals surface area contributed by atoms with Crippen LogP contribution in [-0.4, -0.2) is 196 Å². The number of benzene rings is 2. The number of imide groups is 1. The Balaban J connectivity index is 1.32. The van der Waals surface area contributed by atoms with Crippen molar-refractivity contribution in [1.82, 2.24) is 10.2 Å². The van der Waals surface area contributed by atoms with Crippen molar-refractivity contribution in [2.45, 2.75) is 115 Å². The molecule has 324 valence electrons. The smallest absolute Gasteiger partial charge is 0.364 e. The highest BCUT2D eigenvalue weighted by atomic mass is 32.2. The van der Waals surface area contributed by atoms with Gasteiger partial charge in [-0.1, -0.05) is 42.1 Å². The van der Waals surface area contributed by atoms with Gasteiger partial charge in [-0.05, 0) is 24.3 Å². The molecule has 59 heavy (non-hydrogen) atoms. The Kier molecular flexibility index (Phi) is 14.1. The number of thioether (sulfide) groups is 1. The van der Waals surface area contributed by atoms with Gasteiger partial charge >= 0.3 is 5.97 Å². The summed E-state index contributed by atoms with van der Waals surface area (Å²) in [5.74, 6) is -7.37. The monoisotopic (exact) mass is 854 g/mol. The van der Waals surface area contributed by atoms with Crippen molar-refractivity contribution in [1.29, 1.82) is 0 Å². The summed E-state index contributed by atoms with van der Waals surface area (Å²) in [5, 5.41) is 110. The molecule has 0 bridgehead atoms. The summed E-state index contributed by atoms with van der Waals surface area (Å²) in [4.78, 5) is 53.8. The number of hydrogen-bond acceptors (Lipinski definition) is 19. The van der Waals surface area contributed by atoms with Gasteiger partial charge in [0.2, 0.25) is 5.91 Å². The van der Waals surface area contributed by atoms with Gasteiger partial charge < -0.3 is 80.1 Å². The molecule has 0 aliphatic carbocycles. The Morgan fingerprint density at radius 3 is 2.05 bits per heavy atom. The van der Waals surface area contributed by atoms with Gasteiger partial charge in [0.15, 0.2) is 6.29 Å². The topological polar surface area (TPSA) is 332 Å². The minimum atomic E-state index is -3.08. The number of rotatable bonds is 14. The standard InChI is InChI=1S/C37H46N2O19S/c1-15(43)38-23-19(44)11-37(36(52)53,57-30(23)25(46)20(45)12-40)58-31-26(47)21(13-41)54-34(28(31)49)56-29-22(14-42)55-35(59-16-7-3-2-4-8-16)24(27(29)48)39-32(50)17-9-5-6-10-18(17)33(39)51/h2-10,19-31,34-35,40-42,44-49H,11-14H2,1H3,(H,38,43)(H,52,53)/t19-,20+,21+,22+,23+,24+,25-,26-,27+,28+,29+,30-,31-,34-,35-,37-/m0/s1. The molecule has 2 aromatic rings. The number of carboxylic acids is 1. The van der Waals surface area contributed by atoms with Crippen LogP contribution in [0.4, 0.5) is 0 Å². The second kappa shape index (κ2) is 18.5. The Morgan fingerprint density at radius 1 is 0.881 bits per heavy atom. The number of aliphatic hydroxyl groups is 9. The number of nitrogens with zero attached hydrogens (tertiary/aromatic N) is 1. The molecule has 0 unspecified atom stereocenters. The predicted octanol–water partition coefficient (Wildman–Crippen LogP) is -4.12. The van der Waals surface area contributed by atoms with E-state index in [-0.39, 0.29) is 11.1 Å². The fourth-order valence-corrected chi connectivity index (χ4v) is 8.84. The molecule has 4 aliphatic heterocycles. The van der Waals surface area contributed by atoms with E-state index in [1.54, 1.807) is 42.5 Å². The number of amides is 3. The van der Waals surface area contributed by atoms with Gasteiger partial charge in [-0.25, -0.2) is 4.79 Å². The van der Waals surface area contributed by atoms with Crippen molar-refractivity contribution in [3.63, 3.8) is 0 Å². The second-order valence-electron chi connectivity index (χ2n) is 14.4. The highest BCUT2D eigenvalue weighted by molar-refractivity contribution is 7.99. The summed E-state index contributed by atoms with van der Waals surface area (Å²) in [7, 11) is 0. The first-order valence-electron chi connectivity index (χ1n) is 18.5. The molecule has 21 nitrogen and oxygen atoms in total. The van der Waals surface area contributed by atoms with Crippen LogP contribution in [-0.2, 0) is 33.3 Å². The van der Waals surface area contributed by atoms with Crippen molar-refractivity contribution in [2.75, 3.05) is 19.8 Å². The quantitative estimate of drug-likeness (QED) is 0.0804. The summed E-state index contributed by atoms with van der Waals surface area (Å²) < 4.78 is 29.2. The maximum absolute atomic E-state index is 13.8. The van der Waals surface area contributed by atoms with Crippen molar-refractivity contribution < 1.29 is 93.9 Å². The van der Waals surface area contributed by atoms with E-state index in [9.17, 15) is 70.2 Å². The van der Waals surface area contributed by atoms with E-state index >= 15 is 0 Å². The highest BCUT2D eigenvalue weighted by Gasteiger charge is 2.61. The predicted molar refractivity (Wildman–Crippen MR) is 195 cm³/mol. The fraction of sp³-hybridized carbons (Fsp3) is 0.568. The van der Waals surface area contributed by atoms with Crippen LogP contribution < -0.4 is 5.32 Å². The van der Waals surface area contributed by atoms with Crippen molar-refractivity contribution in [3.8, 4) is 0 Å². The highest BCUT2D eigenvalue weighted by Crippen LogP contribution is 2.42. The lowest BCUT2D eigenvalue weighted by molar-refractivity contribution is -0.379. The van der Waals surface area contributed by atoms with E-state index in [2.05, 4.69) is 5.32 Å². The molecule has 4 aliphatic rings. The molecule has 0 saturated carbocycles. The molecule has 22 heteroatoms. The van der Waals surface area contributed by atoms with E-state index in [0.29, 0.717) is 4.90 Å². The first kappa shape index (κ1) is 44.9. The maximum Gasteiger partial charge on any atom is 0.364 e.